The minimum atomic E-state index is -0.122. The van der Waals surface area contributed by atoms with E-state index in [0.29, 0.717) is 36.9 Å². The molecule has 2 fully saturated rings. The van der Waals surface area contributed by atoms with Crippen LogP contribution in [0, 0.1) is 5.92 Å². The van der Waals surface area contributed by atoms with Gasteiger partial charge in [0.25, 0.3) is 5.91 Å². The van der Waals surface area contributed by atoms with Crippen molar-refractivity contribution in [2.24, 2.45) is 13.0 Å². The summed E-state index contributed by atoms with van der Waals surface area (Å²) < 4.78 is 7.60. The van der Waals surface area contributed by atoms with Crippen molar-refractivity contribution in [2.45, 2.75) is 31.9 Å². The molecule has 1 aliphatic carbocycles. The van der Waals surface area contributed by atoms with E-state index in [1.165, 1.54) is 0 Å². The van der Waals surface area contributed by atoms with Crippen LogP contribution in [0.5, 0.6) is 5.75 Å². The number of rotatable bonds is 7. The molecule has 7 nitrogen and oxygen atoms in total. The molecular formula is C20H24N4O3. The Labute approximate surface area is 158 Å². The Kier molecular flexibility index (Phi) is 4.83. The highest BCUT2D eigenvalue weighted by Gasteiger charge is 2.39. The summed E-state index contributed by atoms with van der Waals surface area (Å²) in [7, 11) is 1.92. The number of nitrogens with zero attached hydrogens (tertiary/aromatic N) is 3. The summed E-state index contributed by atoms with van der Waals surface area (Å²) in [6.45, 7) is 1.68. The molecule has 0 radical (unpaired) electrons. The van der Waals surface area contributed by atoms with Gasteiger partial charge in [0, 0.05) is 56.5 Å². The number of nitrogens with one attached hydrogen (secondary N) is 1. The Morgan fingerprint density at radius 3 is 2.74 bits per heavy atom. The van der Waals surface area contributed by atoms with Gasteiger partial charge in [-0.3, -0.25) is 9.59 Å². The predicted molar refractivity (Wildman–Crippen MR) is 99.2 cm³/mol. The van der Waals surface area contributed by atoms with Gasteiger partial charge in [-0.1, -0.05) is 0 Å². The van der Waals surface area contributed by atoms with E-state index in [4.69, 9.17) is 4.74 Å². The van der Waals surface area contributed by atoms with Crippen molar-refractivity contribution in [1.29, 1.82) is 0 Å². The van der Waals surface area contributed by atoms with Gasteiger partial charge < -0.3 is 19.5 Å². The fraction of sp³-hybridized carbons (Fsp3) is 0.450. The number of benzene rings is 1. The summed E-state index contributed by atoms with van der Waals surface area (Å²) in [6, 6.07) is 7.52. The lowest BCUT2D eigenvalue weighted by Gasteiger charge is -2.15. The number of carbonyl (C=O) groups excluding carboxylic acids is 2. The van der Waals surface area contributed by atoms with Crippen LogP contribution in [-0.4, -0.2) is 45.4 Å². The van der Waals surface area contributed by atoms with Gasteiger partial charge in [-0.25, -0.2) is 4.98 Å². The Balaban J connectivity index is 1.25. The van der Waals surface area contributed by atoms with Gasteiger partial charge in [-0.15, -0.1) is 0 Å². The minimum Gasteiger partial charge on any atom is -0.486 e. The second kappa shape index (κ2) is 7.42. The molecule has 2 heterocycles. The Hall–Kier alpha value is -2.83. The van der Waals surface area contributed by atoms with Crippen LogP contribution >= 0.6 is 0 Å². The lowest BCUT2D eigenvalue weighted by atomic mass is 10.1. The molecule has 4 rings (SSSR count). The van der Waals surface area contributed by atoms with Crippen molar-refractivity contribution in [3.8, 4) is 5.75 Å². The molecule has 2 aliphatic rings. The number of hydrogen-bond acceptors (Lipinski definition) is 4. The Morgan fingerprint density at radius 2 is 2.07 bits per heavy atom. The number of imidazole rings is 1. The van der Waals surface area contributed by atoms with Gasteiger partial charge in [0.05, 0.1) is 0 Å². The molecule has 27 heavy (non-hydrogen) atoms. The van der Waals surface area contributed by atoms with Crippen LogP contribution in [0.1, 0.15) is 35.4 Å². The normalized spacial score (nSPS) is 19.4. The maximum atomic E-state index is 12.3. The first-order valence-electron chi connectivity index (χ1n) is 9.37. The van der Waals surface area contributed by atoms with Crippen LogP contribution < -0.4 is 10.1 Å². The van der Waals surface area contributed by atoms with E-state index in [0.717, 1.165) is 25.2 Å². The second-order valence-corrected chi connectivity index (χ2v) is 7.32. The van der Waals surface area contributed by atoms with Crippen molar-refractivity contribution >= 4 is 11.8 Å². The summed E-state index contributed by atoms with van der Waals surface area (Å²) in [5, 5.41) is 2.95. The van der Waals surface area contributed by atoms with E-state index < -0.39 is 0 Å². The van der Waals surface area contributed by atoms with Crippen molar-refractivity contribution in [3.63, 3.8) is 0 Å². The third-order valence-electron chi connectivity index (χ3n) is 5.18. The molecule has 0 unspecified atom stereocenters. The van der Waals surface area contributed by atoms with Crippen LogP contribution in [0.15, 0.2) is 36.7 Å². The standard InChI is InChI=1S/C20H24N4O3/c1-23-9-8-21-18(23)13-27-17-6-2-15(3-7-17)20(26)22-11-14-10-19(25)24(12-14)16-4-5-16/h2-3,6-9,14,16H,4-5,10-13H2,1H3,(H,22,26)/t14-/m1/s1. The summed E-state index contributed by atoms with van der Waals surface area (Å²) in [5.74, 6) is 1.84. The average Bonchev–Trinajstić information content (AvgIpc) is 3.33. The highest BCUT2D eigenvalue weighted by Crippen LogP contribution is 2.32. The zero-order valence-corrected chi connectivity index (χ0v) is 15.4. The first-order valence-corrected chi connectivity index (χ1v) is 9.37. The average molecular weight is 368 g/mol. The second-order valence-electron chi connectivity index (χ2n) is 7.32. The Morgan fingerprint density at radius 1 is 1.30 bits per heavy atom. The molecule has 7 heteroatoms. The molecule has 1 aromatic heterocycles. The zero-order chi connectivity index (χ0) is 18.8. The molecule has 1 saturated carbocycles. The van der Waals surface area contributed by atoms with E-state index in [9.17, 15) is 9.59 Å². The number of hydrogen-bond donors (Lipinski definition) is 1. The number of likely N-dealkylation sites (tertiary alicyclic amines) is 1. The van der Waals surface area contributed by atoms with E-state index in [-0.39, 0.29) is 17.7 Å². The molecule has 2 aromatic rings. The molecule has 1 saturated heterocycles. The molecule has 2 amide bonds. The summed E-state index contributed by atoms with van der Waals surface area (Å²) in [5.41, 5.74) is 0.586. The maximum Gasteiger partial charge on any atom is 0.251 e. The van der Waals surface area contributed by atoms with E-state index >= 15 is 0 Å². The molecule has 1 aromatic carbocycles. The van der Waals surface area contributed by atoms with Crippen molar-refractivity contribution in [1.82, 2.24) is 19.8 Å². The van der Waals surface area contributed by atoms with Gasteiger partial charge in [-0.2, -0.15) is 0 Å². The summed E-state index contributed by atoms with van der Waals surface area (Å²) in [6.07, 6.45) is 6.39. The predicted octanol–water partition coefficient (Wildman–Crippen LogP) is 1.74. The summed E-state index contributed by atoms with van der Waals surface area (Å²) >= 11 is 0. The lowest BCUT2D eigenvalue weighted by Crippen LogP contribution is -2.32. The van der Waals surface area contributed by atoms with Crippen LogP contribution in [-0.2, 0) is 18.4 Å². The highest BCUT2D eigenvalue weighted by atomic mass is 16.5. The van der Waals surface area contributed by atoms with Gasteiger partial charge in [0.1, 0.15) is 18.2 Å². The molecule has 1 atom stereocenters. The molecule has 142 valence electrons. The van der Waals surface area contributed by atoms with Crippen LogP contribution in [0.3, 0.4) is 0 Å². The molecule has 0 bridgehead atoms. The topological polar surface area (TPSA) is 76.5 Å². The number of aryl methyl sites for hydroxylation is 1. The van der Waals surface area contributed by atoms with Crippen LogP contribution in [0.2, 0.25) is 0 Å². The molecular weight excluding hydrogens is 344 g/mol. The van der Waals surface area contributed by atoms with Crippen molar-refractivity contribution in [3.05, 3.63) is 48.0 Å². The summed E-state index contributed by atoms with van der Waals surface area (Å²) in [4.78, 5) is 30.5. The quantitative estimate of drug-likeness (QED) is 0.808. The van der Waals surface area contributed by atoms with E-state index in [1.54, 1.807) is 30.5 Å². The lowest BCUT2D eigenvalue weighted by molar-refractivity contribution is -0.128. The minimum absolute atomic E-state index is 0.122. The SMILES string of the molecule is Cn1ccnc1COc1ccc(C(=O)NC[C@H]2CC(=O)N(C3CC3)C2)cc1. The fourth-order valence-corrected chi connectivity index (χ4v) is 3.41. The number of amides is 2. The number of ether oxygens (including phenoxy) is 1. The molecule has 0 spiro atoms. The fourth-order valence-electron chi connectivity index (χ4n) is 3.41. The highest BCUT2D eigenvalue weighted by molar-refractivity contribution is 5.94. The first kappa shape index (κ1) is 17.6. The Bertz CT molecular complexity index is 826. The largest absolute Gasteiger partial charge is 0.486 e. The monoisotopic (exact) mass is 368 g/mol. The molecule has 1 N–H and O–H groups in total. The smallest absolute Gasteiger partial charge is 0.251 e. The molecule has 1 aliphatic heterocycles. The van der Waals surface area contributed by atoms with Gasteiger partial charge in [0.15, 0.2) is 0 Å². The van der Waals surface area contributed by atoms with E-state index in [1.807, 2.05) is 22.7 Å². The van der Waals surface area contributed by atoms with Crippen molar-refractivity contribution < 1.29 is 14.3 Å². The number of aromatic nitrogens is 2. The van der Waals surface area contributed by atoms with Gasteiger partial charge >= 0.3 is 0 Å². The van der Waals surface area contributed by atoms with Crippen LogP contribution in [0.4, 0.5) is 0 Å². The third-order valence-corrected chi connectivity index (χ3v) is 5.18. The van der Waals surface area contributed by atoms with Crippen LogP contribution in [0.25, 0.3) is 0 Å². The first-order chi connectivity index (χ1) is 13.1. The van der Waals surface area contributed by atoms with Crippen molar-refractivity contribution in [2.75, 3.05) is 13.1 Å². The van der Waals surface area contributed by atoms with Gasteiger partial charge in [0.2, 0.25) is 5.91 Å². The van der Waals surface area contributed by atoms with E-state index in [2.05, 4.69) is 10.3 Å². The maximum absolute atomic E-state index is 12.3. The zero-order valence-electron chi connectivity index (χ0n) is 15.4. The van der Waals surface area contributed by atoms with Gasteiger partial charge in [-0.05, 0) is 37.1 Å². The number of carbonyl (C=O) groups is 2. The third kappa shape index (κ3) is 4.13.